The van der Waals surface area contributed by atoms with Crippen LogP contribution in [0.15, 0.2) is 24.3 Å². The first-order valence-electron chi connectivity index (χ1n) is 7.22. The minimum atomic E-state index is -0.293. The van der Waals surface area contributed by atoms with Crippen molar-refractivity contribution >= 4 is 11.6 Å². The molecule has 2 atom stereocenters. The highest BCUT2D eigenvalue weighted by Crippen LogP contribution is 2.24. The lowest BCUT2D eigenvalue weighted by Crippen LogP contribution is -2.46. The van der Waals surface area contributed by atoms with Crippen LogP contribution in [0.25, 0.3) is 0 Å². The molecule has 1 aromatic carbocycles. The van der Waals surface area contributed by atoms with Crippen molar-refractivity contribution in [1.29, 1.82) is 0 Å². The second-order valence-corrected chi connectivity index (χ2v) is 5.69. The molecule has 2 saturated heterocycles. The van der Waals surface area contributed by atoms with Crippen LogP contribution in [0.5, 0.6) is 0 Å². The van der Waals surface area contributed by atoms with Crippen molar-refractivity contribution < 1.29 is 9.18 Å². The van der Waals surface area contributed by atoms with Crippen molar-refractivity contribution in [3.05, 3.63) is 30.1 Å². The molecule has 2 unspecified atom stereocenters. The zero-order valence-corrected chi connectivity index (χ0v) is 11.4. The van der Waals surface area contributed by atoms with E-state index in [2.05, 4.69) is 15.5 Å². The summed E-state index contributed by atoms with van der Waals surface area (Å²) in [5.74, 6) is 0.363. The van der Waals surface area contributed by atoms with Crippen LogP contribution in [-0.4, -0.2) is 43.0 Å². The number of benzene rings is 1. The standard InChI is InChI=1S/C15H20FN3O/c16-12-1-3-13(4-2-12)18-15(20)10-19-8-6-14-11(9-19)5-7-17-14/h1-4,11,14,17H,5-10H2,(H,18,20). The molecule has 0 bridgehead atoms. The van der Waals surface area contributed by atoms with Crippen molar-refractivity contribution in [2.24, 2.45) is 5.92 Å². The Labute approximate surface area is 118 Å². The molecule has 3 rings (SSSR count). The predicted octanol–water partition coefficient (Wildman–Crippen LogP) is 1.45. The van der Waals surface area contributed by atoms with E-state index in [-0.39, 0.29) is 11.7 Å². The molecule has 2 fully saturated rings. The Morgan fingerprint density at radius 3 is 2.95 bits per heavy atom. The van der Waals surface area contributed by atoms with Gasteiger partial charge in [0.2, 0.25) is 5.91 Å². The van der Waals surface area contributed by atoms with E-state index in [4.69, 9.17) is 0 Å². The first kappa shape index (κ1) is 13.5. The third-order valence-electron chi connectivity index (χ3n) is 4.23. The Balaban J connectivity index is 1.50. The normalized spacial score (nSPS) is 26.2. The lowest BCUT2D eigenvalue weighted by molar-refractivity contribution is -0.117. The van der Waals surface area contributed by atoms with Crippen molar-refractivity contribution in [3.63, 3.8) is 0 Å². The molecule has 0 spiro atoms. The van der Waals surface area contributed by atoms with Gasteiger partial charge >= 0.3 is 0 Å². The molecule has 2 aliphatic heterocycles. The summed E-state index contributed by atoms with van der Waals surface area (Å²) in [4.78, 5) is 14.2. The first-order valence-corrected chi connectivity index (χ1v) is 7.22. The second kappa shape index (κ2) is 5.89. The molecule has 4 nitrogen and oxygen atoms in total. The van der Waals surface area contributed by atoms with Crippen LogP contribution in [0.3, 0.4) is 0 Å². The van der Waals surface area contributed by atoms with E-state index >= 15 is 0 Å². The largest absolute Gasteiger partial charge is 0.325 e. The van der Waals surface area contributed by atoms with E-state index in [1.165, 1.54) is 18.6 Å². The Morgan fingerprint density at radius 1 is 1.35 bits per heavy atom. The van der Waals surface area contributed by atoms with E-state index in [9.17, 15) is 9.18 Å². The number of nitrogens with zero attached hydrogens (tertiary/aromatic N) is 1. The van der Waals surface area contributed by atoms with Crippen LogP contribution in [0.1, 0.15) is 12.8 Å². The van der Waals surface area contributed by atoms with E-state index in [1.807, 2.05) is 0 Å². The van der Waals surface area contributed by atoms with Crippen LogP contribution >= 0.6 is 0 Å². The number of anilines is 1. The number of nitrogens with one attached hydrogen (secondary N) is 2. The average Bonchev–Trinajstić information content (AvgIpc) is 2.89. The summed E-state index contributed by atoms with van der Waals surface area (Å²) in [6, 6.07) is 6.52. The van der Waals surface area contributed by atoms with Crippen LogP contribution in [0, 0.1) is 11.7 Å². The number of fused-ring (bicyclic) bond motifs is 1. The Kier molecular flexibility index (Phi) is 3.98. The molecule has 1 amide bonds. The van der Waals surface area contributed by atoms with Gasteiger partial charge in [-0.25, -0.2) is 4.39 Å². The van der Waals surface area contributed by atoms with Crippen LogP contribution < -0.4 is 10.6 Å². The van der Waals surface area contributed by atoms with Crippen molar-refractivity contribution in [1.82, 2.24) is 10.2 Å². The number of carbonyl (C=O) groups is 1. The minimum absolute atomic E-state index is 0.0268. The van der Waals surface area contributed by atoms with Gasteiger partial charge in [-0.1, -0.05) is 0 Å². The van der Waals surface area contributed by atoms with Gasteiger partial charge in [0.15, 0.2) is 0 Å². The average molecular weight is 277 g/mol. The number of halogens is 1. The van der Waals surface area contributed by atoms with E-state index in [0.29, 0.717) is 24.2 Å². The molecule has 5 heteroatoms. The molecule has 0 aromatic heterocycles. The molecule has 20 heavy (non-hydrogen) atoms. The third kappa shape index (κ3) is 3.16. The van der Waals surface area contributed by atoms with Gasteiger partial charge < -0.3 is 10.6 Å². The fraction of sp³-hybridized carbons (Fsp3) is 0.533. The van der Waals surface area contributed by atoms with Gasteiger partial charge in [-0.2, -0.15) is 0 Å². The fourth-order valence-electron chi connectivity index (χ4n) is 3.20. The molecule has 0 radical (unpaired) electrons. The Bertz CT molecular complexity index is 477. The van der Waals surface area contributed by atoms with E-state index < -0.39 is 0 Å². The van der Waals surface area contributed by atoms with Gasteiger partial charge in [-0.15, -0.1) is 0 Å². The second-order valence-electron chi connectivity index (χ2n) is 5.69. The van der Waals surface area contributed by atoms with Gasteiger partial charge in [0, 0.05) is 24.8 Å². The summed E-state index contributed by atoms with van der Waals surface area (Å²) in [5, 5.41) is 6.33. The SMILES string of the molecule is O=C(CN1CCC2NCCC2C1)Nc1ccc(F)cc1. The maximum atomic E-state index is 12.8. The molecule has 2 heterocycles. The molecule has 2 aliphatic rings. The minimum Gasteiger partial charge on any atom is -0.325 e. The van der Waals surface area contributed by atoms with Gasteiger partial charge in [0.05, 0.1) is 6.54 Å². The monoisotopic (exact) mass is 277 g/mol. The molecule has 0 aliphatic carbocycles. The topological polar surface area (TPSA) is 44.4 Å². The maximum Gasteiger partial charge on any atom is 0.238 e. The number of likely N-dealkylation sites (tertiary alicyclic amines) is 1. The molecule has 2 N–H and O–H groups in total. The fourth-order valence-corrected chi connectivity index (χ4v) is 3.20. The molecular weight excluding hydrogens is 257 g/mol. The Hall–Kier alpha value is -1.46. The molecule has 0 saturated carbocycles. The molecule has 1 aromatic rings. The highest BCUT2D eigenvalue weighted by molar-refractivity contribution is 5.92. The van der Waals surface area contributed by atoms with Crippen LogP contribution in [-0.2, 0) is 4.79 Å². The van der Waals surface area contributed by atoms with Crippen molar-refractivity contribution in [3.8, 4) is 0 Å². The number of rotatable bonds is 3. The number of piperidine rings is 1. The molecule has 108 valence electrons. The quantitative estimate of drug-likeness (QED) is 0.879. The summed E-state index contributed by atoms with van der Waals surface area (Å²) in [5.41, 5.74) is 0.647. The smallest absolute Gasteiger partial charge is 0.238 e. The number of carbonyl (C=O) groups excluding carboxylic acids is 1. The van der Waals surface area contributed by atoms with Gasteiger partial charge in [0.25, 0.3) is 0 Å². The first-order chi connectivity index (χ1) is 9.70. The third-order valence-corrected chi connectivity index (χ3v) is 4.23. The van der Waals surface area contributed by atoms with E-state index in [1.54, 1.807) is 12.1 Å². The lowest BCUT2D eigenvalue weighted by atomic mass is 9.93. The zero-order chi connectivity index (χ0) is 13.9. The number of hydrogen-bond acceptors (Lipinski definition) is 3. The highest BCUT2D eigenvalue weighted by Gasteiger charge is 2.32. The summed E-state index contributed by atoms with van der Waals surface area (Å²) in [7, 11) is 0. The van der Waals surface area contributed by atoms with Crippen LogP contribution in [0.2, 0.25) is 0 Å². The van der Waals surface area contributed by atoms with Crippen molar-refractivity contribution in [2.45, 2.75) is 18.9 Å². The van der Waals surface area contributed by atoms with Gasteiger partial charge in [-0.3, -0.25) is 9.69 Å². The van der Waals surface area contributed by atoms with Crippen LogP contribution in [0.4, 0.5) is 10.1 Å². The summed E-state index contributed by atoms with van der Waals surface area (Å²) < 4.78 is 12.8. The predicted molar refractivity (Wildman–Crippen MR) is 76.0 cm³/mol. The summed E-state index contributed by atoms with van der Waals surface area (Å²) >= 11 is 0. The van der Waals surface area contributed by atoms with Gasteiger partial charge in [0.1, 0.15) is 5.82 Å². The van der Waals surface area contributed by atoms with Crippen molar-refractivity contribution in [2.75, 3.05) is 31.5 Å². The number of amides is 1. The molecular formula is C15H20FN3O. The van der Waals surface area contributed by atoms with E-state index in [0.717, 1.165) is 26.1 Å². The maximum absolute atomic E-state index is 12.8. The van der Waals surface area contributed by atoms with Gasteiger partial charge in [-0.05, 0) is 49.6 Å². The number of hydrogen-bond donors (Lipinski definition) is 2. The Morgan fingerprint density at radius 2 is 2.15 bits per heavy atom. The zero-order valence-electron chi connectivity index (χ0n) is 11.4. The summed E-state index contributed by atoms with van der Waals surface area (Å²) in [6.07, 6.45) is 2.33. The highest BCUT2D eigenvalue weighted by atomic mass is 19.1. The lowest BCUT2D eigenvalue weighted by Gasteiger charge is -2.34. The summed E-state index contributed by atoms with van der Waals surface area (Å²) in [6.45, 7) is 3.48.